The fourth-order valence-corrected chi connectivity index (χ4v) is 1.79. The van der Waals surface area contributed by atoms with E-state index in [1.807, 2.05) is 12.1 Å². The van der Waals surface area contributed by atoms with Gasteiger partial charge in [0.15, 0.2) is 5.78 Å². The van der Waals surface area contributed by atoms with Gasteiger partial charge in [-0.05, 0) is 24.1 Å². The minimum atomic E-state index is -1.10. The van der Waals surface area contributed by atoms with Crippen LogP contribution < -0.4 is 0 Å². The Bertz CT molecular complexity index is 389. The first-order chi connectivity index (χ1) is 7.54. The Hall–Kier alpha value is -0.810. The maximum atomic E-state index is 11.4. The smallest absolute Gasteiger partial charge is 0.314 e. The van der Waals surface area contributed by atoms with Crippen LogP contribution in [0.4, 0.5) is 0 Å². The highest BCUT2D eigenvalue weighted by atomic mass is 79.9. The summed E-state index contributed by atoms with van der Waals surface area (Å²) in [6.07, 6.45) is 0.210. The lowest BCUT2D eigenvalue weighted by molar-refractivity contribution is -0.145. The fourth-order valence-electron chi connectivity index (χ4n) is 1.31. The third-order valence-electron chi connectivity index (χ3n) is 2.20. The van der Waals surface area contributed by atoms with Crippen LogP contribution in [0.3, 0.4) is 0 Å². The SMILES string of the molecule is O=C(O)C(Cc1ccc(Br)cc1)C(=O)CS. The number of carbonyl (C=O) groups excluding carboxylic acids is 1. The van der Waals surface area contributed by atoms with Crippen LogP contribution in [0.15, 0.2) is 28.7 Å². The van der Waals surface area contributed by atoms with Gasteiger partial charge in [0.1, 0.15) is 5.92 Å². The lowest BCUT2D eigenvalue weighted by atomic mass is 9.96. The number of carboxylic acids is 1. The molecule has 0 amide bonds. The summed E-state index contributed by atoms with van der Waals surface area (Å²) in [6.45, 7) is 0. The normalized spacial score (nSPS) is 12.1. The van der Waals surface area contributed by atoms with Crippen molar-refractivity contribution in [2.24, 2.45) is 5.92 Å². The molecule has 1 atom stereocenters. The van der Waals surface area contributed by atoms with Crippen LogP contribution in [0.1, 0.15) is 5.56 Å². The van der Waals surface area contributed by atoms with Gasteiger partial charge in [0.2, 0.25) is 0 Å². The zero-order valence-corrected chi connectivity index (χ0v) is 10.9. The molecular formula is C11H11BrO3S. The summed E-state index contributed by atoms with van der Waals surface area (Å²) < 4.78 is 0.920. The molecule has 0 saturated heterocycles. The van der Waals surface area contributed by atoms with Crippen molar-refractivity contribution in [2.75, 3.05) is 5.75 Å². The van der Waals surface area contributed by atoms with Gasteiger partial charge >= 0.3 is 5.97 Å². The number of benzene rings is 1. The zero-order valence-electron chi connectivity index (χ0n) is 8.39. The van der Waals surface area contributed by atoms with Crippen molar-refractivity contribution in [3.05, 3.63) is 34.3 Å². The molecule has 0 aliphatic carbocycles. The van der Waals surface area contributed by atoms with Gasteiger partial charge in [-0.3, -0.25) is 9.59 Å². The quantitative estimate of drug-likeness (QED) is 0.647. The van der Waals surface area contributed by atoms with Gasteiger partial charge in [0.25, 0.3) is 0 Å². The number of Topliss-reactive ketones (excluding diaryl/α,β-unsaturated/α-hetero) is 1. The number of carbonyl (C=O) groups is 2. The average Bonchev–Trinajstić information content (AvgIpc) is 2.27. The molecule has 1 unspecified atom stereocenters. The number of rotatable bonds is 5. The summed E-state index contributed by atoms with van der Waals surface area (Å²) in [5, 5.41) is 8.93. The van der Waals surface area contributed by atoms with Crippen LogP contribution >= 0.6 is 28.6 Å². The molecule has 0 aliphatic heterocycles. The van der Waals surface area contributed by atoms with E-state index >= 15 is 0 Å². The number of thiol groups is 1. The van der Waals surface area contributed by atoms with Gasteiger partial charge in [-0.2, -0.15) is 12.6 Å². The summed E-state index contributed by atoms with van der Waals surface area (Å²) in [7, 11) is 0. The first-order valence-corrected chi connectivity index (χ1v) is 6.08. The molecule has 0 spiro atoms. The highest BCUT2D eigenvalue weighted by molar-refractivity contribution is 9.10. The van der Waals surface area contributed by atoms with Crippen molar-refractivity contribution in [1.82, 2.24) is 0 Å². The van der Waals surface area contributed by atoms with Crippen LogP contribution in [0.25, 0.3) is 0 Å². The minimum Gasteiger partial charge on any atom is -0.481 e. The van der Waals surface area contributed by atoms with E-state index < -0.39 is 11.9 Å². The fraction of sp³-hybridized carbons (Fsp3) is 0.273. The third kappa shape index (κ3) is 3.64. The Morgan fingerprint density at radius 3 is 2.31 bits per heavy atom. The van der Waals surface area contributed by atoms with E-state index in [0.717, 1.165) is 10.0 Å². The van der Waals surface area contributed by atoms with Gasteiger partial charge in [0, 0.05) is 4.47 Å². The molecule has 16 heavy (non-hydrogen) atoms. The van der Waals surface area contributed by atoms with Crippen molar-refractivity contribution in [2.45, 2.75) is 6.42 Å². The summed E-state index contributed by atoms with van der Waals surface area (Å²) in [4.78, 5) is 22.3. The Labute approximate surface area is 107 Å². The molecule has 3 nitrogen and oxygen atoms in total. The standard InChI is InChI=1S/C11H11BrO3S/c12-8-3-1-7(2-4-8)5-9(11(14)15)10(13)6-16/h1-4,9,16H,5-6H2,(H,14,15). The van der Waals surface area contributed by atoms with E-state index in [1.165, 1.54) is 0 Å². The van der Waals surface area contributed by atoms with Crippen LogP contribution in [0.2, 0.25) is 0 Å². The van der Waals surface area contributed by atoms with Crippen molar-refractivity contribution in [3.63, 3.8) is 0 Å². The summed E-state index contributed by atoms with van der Waals surface area (Å²) in [5.41, 5.74) is 0.825. The third-order valence-corrected chi connectivity index (χ3v) is 3.04. The number of ketones is 1. The largest absolute Gasteiger partial charge is 0.481 e. The lowest BCUT2D eigenvalue weighted by Gasteiger charge is -2.09. The van der Waals surface area contributed by atoms with Crippen LogP contribution in [0.5, 0.6) is 0 Å². The molecule has 0 fully saturated rings. The van der Waals surface area contributed by atoms with E-state index in [1.54, 1.807) is 12.1 Å². The molecule has 1 aromatic rings. The molecule has 0 heterocycles. The van der Waals surface area contributed by atoms with Gasteiger partial charge in [0.05, 0.1) is 5.75 Å². The first kappa shape index (κ1) is 13.3. The molecule has 0 aromatic heterocycles. The predicted octanol–water partition coefficient (Wildman–Crippen LogP) is 2.19. The number of carboxylic acid groups (broad SMARTS) is 1. The van der Waals surface area contributed by atoms with Crippen LogP contribution in [0, 0.1) is 5.92 Å². The Balaban J connectivity index is 2.80. The zero-order chi connectivity index (χ0) is 12.1. The molecule has 1 rings (SSSR count). The molecule has 86 valence electrons. The maximum absolute atomic E-state index is 11.4. The molecular weight excluding hydrogens is 292 g/mol. The van der Waals surface area contributed by atoms with E-state index in [9.17, 15) is 9.59 Å². The van der Waals surface area contributed by atoms with Crippen molar-refractivity contribution < 1.29 is 14.7 Å². The average molecular weight is 303 g/mol. The van der Waals surface area contributed by atoms with Crippen molar-refractivity contribution >= 4 is 40.3 Å². The van der Waals surface area contributed by atoms with E-state index in [2.05, 4.69) is 28.6 Å². The molecule has 1 aromatic carbocycles. The van der Waals surface area contributed by atoms with Crippen LogP contribution in [-0.2, 0) is 16.0 Å². The molecule has 0 bridgehead atoms. The second-order valence-corrected chi connectivity index (χ2v) is 4.58. The topological polar surface area (TPSA) is 54.4 Å². The van der Waals surface area contributed by atoms with Crippen molar-refractivity contribution in [1.29, 1.82) is 0 Å². The molecule has 0 saturated carbocycles. The minimum absolute atomic E-state index is 0.0481. The van der Waals surface area contributed by atoms with Crippen molar-refractivity contribution in [3.8, 4) is 0 Å². The highest BCUT2D eigenvalue weighted by Gasteiger charge is 2.24. The number of aliphatic carboxylic acids is 1. The lowest BCUT2D eigenvalue weighted by Crippen LogP contribution is -2.26. The Kier molecular flexibility index (Phi) is 5.02. The molecule has 5 heteroatoms. The highest BCUT2D eigenvalue weighted by Crippen LogP contribution is 2.15. The summed E-state index contributed by atoms with van der Waals surface area (Å²) in [5.74, 6) is -2.51. The summed E-state index contributed by atoms with van der Waals surface area (Å²) in [6, 6.07) is 7.23. The van der Waals surface area contributed by atoms with E-state index in [0.29, 0.717) is 0 Å². The first-order valence-electron chi connectivity index (χ1n) is 4.65. The van der Waals surface area contributed by atoms with E-state index in [4.69, 9.17) is 5.11 Å². The molecule has 0 radical (unpaired) electrons. The Morgan fingerprint density at radius 2 is 1.88 bits per heavy atom. The predicted molar refractivity (Wildman–Crippen MR) is 67.8 cm³/mol. The molecule has 0 aliphatic rings. The monoisotopic (exact) mass is 302 g/mol. The number of halogens is 1. The number of hydrogen-bond acceptors (Lipinski definition) is 3. The van der Waals surface area contributed by atoms with Gasteiger partial charge in [-0.15, -0.1) is 0 Å². The molecule has 1 N–H and O–H groups in total. The second-order valence-electron chi connectivity index (χ2n) is 3.35. The van der Waals surface area contributed by atoms with Gasteiger partial charge in [-0.1, -0.05) is 28.1 Å². The maximum Gasteiger partial charge on any atom is 0.314 e. The summed E-state index contributed by atoms with van der Waals surface area (Å²) >= 11 is 7.10. The number of hydrogen-bond donors (Lipinski definition) is 2. The van der Waals surface area contributed by atoms with Crippen LogP contribution in [-0.4, -0.2) is 22.6 Å². The Morgan fingerprint density at radius 1 is 1.31 bits per heavy atom. The van der Waals surface area contributed by atoms with Gasteiger partial charge in [-0.25, -0.2) is 0 Å². The van der Waals surface area contributed by atoms with Gasteiger partial charge < -0.3 is 5.11 Å². The second kappa shape index (κ2) is 6.06. The van der Waals surface area contributed by atoms with E-state index in [-0.39, 0.29) is 18.0 Å².